The van der Waals surface area contributed by atoms with E-state index in [4.69, 9.17) is 15.2 Å². The third kappa shape index (κ3) is 4.26. The Hall–Kier alpha value is -0.450. The topological polar surface area (TPSA) is 61.6 Å². The van der Waals surface area contributed by atoms with E-state index in [1.165, 1.54) is 0 Å². The van der Waals surface area contributed by atoms with Crippen LogP contribution in [0.15, 0.2) is 0 Å². The van der Waals surface area contributed by atoms with Crippen molar-refractivity contribution in [3.8, 4) is 0 Å². The van der Waals surface area contributed by atoms with Crippen molar-refractivity contribution in [3.05, 3.63) is 0 Å². The van der Waals surface area contributed by atoms with E-state index in [1.807, 2.05) is 0 Å². The molecule has 2 aliphatic rings. The average molecular weight is 269 g/mol. The van der Waals surface area contributed by atoms with Crippen molar-refractivity contribution in [1.82, 2.24) is 0 Å². The van der Waals surface area contributed by atoms with Gasteiger partial charge in [-0.15, -0.1) is 0 Å². The molecular formula is C15H27NO3. The molecule has 4 heteroatoms. The lowest BCUT2D eigenvalue weighted by molar-refractivity contribution is -0.157. The molecule has 1 atom stereocenters. The second-order valence-electron chi connectivity index (χ2n) is 5.90. The minimum absolute atomic E-state index is 0.0614. The number of unbranched alkanes of at least 4 members (excludes halogenated alkanes) is 2. The summed E-state index contributed by atoms with van der Waals surface area (Å²) < 4.78 is 11.4. The average Bonchev–Trinajstić information content (AvgIpc) is 2.44. The molecule has 0 amide bonds. The summed E-state index contributed by atoms with van der Waals surface area (Å²) in [5, 5.41) is 0. The molecule has 19 heavy (non-hydrogen) atoms. The van der Waals surface area contributed by atoms with Crippen LogP contribution in [0, 0.1) is 5.92 Å². The minimum Gasteiger partial charge on any atom is -0.381 e. The molecule has 0 aliphatic carbocycles. The van der Waals surface area contributed by atoms with Gasteiger partial charge in [0.25, 0.3) is 0 Å². The number of carbonyl (C=O) groups is 1. The van der Waals surface area contributed by atoms with Gasteiger partial charge in [-0.2, -0.15) is 0 Å². The van der Waals surface area contributed by atoms with Crippen LogP contribution in [0.2, 0.25) is 0 Å². The lowest BCUT2D eigenvalue weighted by Gasteiger charge is -2.43. The molecule has 4 nitrogen and oxygen atoms in total. The van der Waals surface area contributed by atoms with Gasteiger partial charge in [0.05, 0.1) is 5.60 Å². The van der Waals surface area contributed by atoms with Gasteiger partial charge in [0.2, 0.25) is 0 Å². The quantitative estimate of drug-likeness (QED) is 0.750. The number of rotatable bonds is 6. The lowest BCUT2D eigenvalue weighted by Crippen LogP contribution is -2.45. The molecule has 0 saturated carbocycles. The maximum absolute atomic E-state index is 12.3. The van der Waals surface area contributed by atoms with E-state index >= 15 is 0 Å². The first kappa shape index (κ1) is 14.9. The maximum Gasteiger partial charge on any atom is 0.136 e. The molecule has 1 unspecified atom stereocenters. The predicted molar refractivity (Wildman–Crippen MR) is 74.0 cm³/mol. The molecule has 0 radical (unpaired) electrons. The summed E-state index contributed by atoms with van der Waals surface area (Å²) >= 11 is 0. The SMILES string of the molecule is NCCCCCC(=O)C1CCOC2(CCOCC2)C1. The highest BCUT2D eigenvalue weighted by Crippen LogP contribution is 2.37. The fourth-order valence-corrected chi connectivity index (χ4v) is 3.22. The zero-order valence-corrected chi connectivity index (χ0v) is 11.9. The van der Waals surface area contributed by atoms with Crippen molar-refractivity contribution >= 4 is 5.78 Å². The number of hydrogen-bond acceptors (Lipinski definition) is 4. The second-order valence-corrected chi connectivity index (χ2v) is 5.90. The number of nitrogens with two attached hydrogens (primary N) is 1. The Morgan fingerprint density at radius 2 is 1.95 bits per heavy atom. The molecule has 2 rings (SSSR count). The van der Waals surface area contributed by atoms with Crippen LogP contribution in [0.4, 0.5) is 0 Å². The molecule has 2 fully saturated rings. The highest BCUT2D eigenvalue weighted by atomic mass is 16.5. The van der Waals surface area contributed by atoms with E-state index in [9.17, 15) is 4.79 Å². The van der Waals surface area contributed by atoms with Gasteiger partial charge in [-0.25, -0.2) is 0 Å². The van der Waals surface area contributed by atoms with Crippen LogP contribution < -0.4 is 5.73 Å². The highest BCUT2D eigenvalue weighted by Gasteiger charge is 2.40. The Balaban J connectivity index is 1.78. The minimum atomic E-state index is -0.0614. The fourth-order valence-electron chi connectivity index (χ4n) is 3.22. The summed E-state index contributed by atoms with van der Waals surface area (Å²) in [5.41, 5.74) is 5.41. The Labute approximate surface area is 116 Å². The van der Waals surface area contributed by atoms with Gasteiger partial charge in [-0.3, -0.25) is 4.79 Å². The Morgan fingerprint density at radius 1 is 1.16 bits per heavy atom. The van der Waals surface area contributed by atoms with Crippen LogP contribution in [-0.4, -0.2) is 37.7 Å². The van der Waals surface area contributed by atoms with E-state index < -0.39 is 0 Å². The largest absolute Gasteiger partial charge is 0.381 e. The molecule has 0 aromatic carbocycles. The first-order valence-corrected chi connectivity index (χ1v) is 7.70. The van der Waals surface area contributed by atoms with Gasteiger partial charge >= 0.3 is 0 Å². The molecule has 2 aliphatic heterocycles. The zero-order chi connectivity index (χ0) is 13.6. The van der Waals surface area contributed by atoms with Gasteiger partial charge in [0.1, 0.15) is 5.78 Å². The van der Waals surface area contributed by atoms with Crippen LogP contribution in [0.3, 0.4) is 0 Å². The second kappa shape index (κ2) is 7.36. The molecule has 0 aromatic rings. The smallest absolute Gasteiger partial charge is 0.136 e. The van der Waals surface area contributed by atoms with Crippen LogP contribution in [0.1, 0.15) is 51.4 Å². The van der Waals surface area contributed by atoms with E-state index in [0.717, 1.165) is 77.7 Å². The Bertz CT molecular complexity index is 282. The summed E-state index contributed by atoms with van der Waals surface area (Å²) in [4.78, 5) is 12.3. The fraction of sp³-hybridized carbons (Fsp3) is 0.933. The van der Waals surface area contributed by atoms with Crippen molar-refractivity contribution in [2.75, 3.05) is 26.4 Å². The highest BCUT2D eigenvalue weighted by molar-refractivity contribution is 5.81. The van der Waals surface area contributed by atoms with Crippen molar-refractivity contribution in [2.45, 2.75) is 57.0 Å². The number of ether oxygens (including phenoxy) is 2. The normalized spacial score (nSPS) is 26.5. The Kier molecular flexibility index (Phi) is 5.79. The maximum atomic E-state index is 12.3. The number of hydrogen-bond donors (Lipinski definition) is 1. The number of carbonyl (C=O) groups excluding carboxylic acids is 1. The van der Waals surface area contributed by atoms with Crippen LogP contribution in [-0.2, 0) is 14.3 Å². The van der Waals surface area contributed by atoms with Gasteiger partial charge < -0.3 is 15.2 Å². The standard InChI is InChI=1S/C15H27NO3/c16-8-3-1-2-4-14(17)13-5-9-19-15(12-13)6-10-18-11-7-15/h13H,1-12,16H2. The van der Waals surface area contributed by atoms with Crippen LogP contribution in [0.5, 0.6) is 0 Å². The molecular weight excluding hydrogens is 242 g/mol. The summed E-state index contributed by atoms with van der Waals surface area (Å²) in [7, 11) is 0. The molecule has 0 aromatic heterocycles. The first-order chi connectivity index (χ1) is 9.26. The Morgan fingerprint density at radius 3 is 2.68 bits per heavy atom. The third-order valence-corrected chi connectivity index (χ3v) is 4.48. The van der Waals surface area contributed by atoms with Gasteiger partial charge in [-0.05, 0) is 45.1 Å². The molecule has 2 N–H and O–H groups in total. The predicted octanol–water partition coefficient (Wildman–Crippen LogP) is 2.05. The summed E-state index contributed by atoms with van der Waals surface area (Å²) in [6, 6.07) is 0. The molecule has 110 valence electrons. The van der Waals surface area contributed by atoms with Crippen molar-refractivity contribution in [1.29, 1.82) is 0 Å². The molecule has 2 heterocycles. The molecule has 0 bridgehead atoms. The summed E-state index contributed by atoms with van der Waals surface area (Å²) in [5.74, 6) is 0.649. The van der Waals surface area contributed by atoms with E-state index in [1.54, 1.807) is 0 Å². The van der Waals surface area contributed by atoms with Crippen LogP contribution >= 0.6 is 0 Å². The van der Waals surface area contributed by atoms with Gasteiger partial charge in [0.15, 0.2) is 0 Å². The van der Waals surface area contributed by atoms with E-state index in [-0.39, 0.29) is 11.5 Å². The van der Waals surface area contributed by atoms with Crippen LogP contribution in [0.25, 0.3) is 0 Å². The molecule has 1 spiro atoms. The monoisotopic (exact) mass is 269 g/mol. The van der Waals surface area contributed by atoms with Gasteiger partial charge in [0, 0.05) is 32.2 Å². The van der Waals surface area contributed by atoms with E-state index in [2.05, 4.69) is 0 Å². The lowest BCUT2D eigenvalue weighted by atomic mass is 9.78. The zero-order valence-electron chi connectivity index (χ0n) is 11.9. The number of ketones is 1. The summed E-state index contributed by atoms with van der Waals surface area (Å²) in [6.07, 6.45) is 7.52. The van der Waals surface area contributed by atoms with E-state index in [0.29, 0.717) is 5.78 Å². The van der Waals surface area contributed by atoms with Crippen molar-refractivity contribution in [3.63, 3.8) is 0 Å². The summed E-state index contributed by atoms with van der Waals surface area (Å²) in [6.45, 7) is 3.02. The molecule has 2 saturated heterocycles. The van der Waals surface area contributed by atoms with Crippen molar-refractivity contribution in [2.24, 2.45) is 11.7 Å². The first-order valence-electron chi connectivity index (χ1n) is 7.70. The van der Waals surface area contributed by atoms with Crippen molar-refractivity contribution < 1.29 is 14.3 Å². The number of Topliss-reactive ketones (excluding diaryl/α,β-unsaturated/α-hetero) is 1. The third-order valence-electron chi connectivity index (χ3n) is 4.48. The van der Waals surface area contributed by atoms with Gasteiger partial charge in [-0.1, -0.05) is 6.42 Å².